The fourth-order valence-corrected chi connectivity index (χ4v) is 0.617. The van der Waals surface area contributed by atoms with Gasteiger partial charge in [-0.15, -0.1) is 0 Å². The molecule has 60 valence electrons. The van der Waals surface area contributed by atoms with Crippen LogP contribution in [0.5, 0.6) is 0 Å². The highest BCUT2D eigenvalue weighted by atomic mass is 14.6. The van der Waals surface area contributed by atoms with E-state index in [1.807, 2.05) is 26.0 Å². The molecule has 0 saturated heterocycles. The molecule has 0 aliphatic rings. The summed E-state index contributed by atoms with van der Waals surface area (Å²) in [5.74, 6) is 0. The summed E-state index contributed by atoms with van der Waals surface area (Å²) in [6, 6.07) is 2.03. The van der Waals surface area contributed by atoms with E-state index in [-0.39, 0.29) is 5.41 Å². The number of allylic oxidation sites excluding steroid dienone is 2. The Morgan fingerprint density at radius 3 is 2.55 bits per heavy atom. The second-order valence-corrected chi connectivity index (χ2v) is 3.11. The fraction of sp³-hybridized carbons (Fsp3) is 0.444. The van der Waals surface area contributed by atoms with Crippen LogP contribution in [0.4, 0.5) is 0 Å². The lowest BCUT2D eigenvalue weighted by Crippen LogP contribution is -2.21. The fourth-order valence-electron chi connectivity index (χ4n) is 0.617. The van der Waals surface area contributed by atoms with E-state index in [1.54, 1.807) is 0 Å². The molecule has 0 atom stereocenters. The number of hydrogen-bond donors (Lipinski definition) is 1. The Balaban J connectivity index is 4.53. The molecule has 0 fully saturated rings. The third-order valence-electron chi connectivity index (χ3n) is 1.42. The maximum Gasteiger partial charge on any atom is 0.0988 e. The molecule has 0 rings (SSSR count). The highest BCUT2D eigenvalue weighted by Gasteiger charge is 2.11. The molecule has 0 bridgehead atoms. The summed E-state index contributed by atoms with van der Waals surface area (Å²) in [6.07, 6.45) is 3.37. The molecule has 0 saturated carbocycles. The minimum Gasteiger partial charge on any atom is -0.330 e. The summed E-state index contributed by atoms with van der Waals surface area (Å²) in [5.41, 5.74) is 5.95. The molecule has 0 aromatic carbocycles. The molecule has 0 aliphatic heterocycles. The number of nitrogens with two attached hydrogens (primary N) is 1. The third-order valence-corrected chi connectivity index (χ3v) is 1.42. The van der Waals surface area contributed by atoms with E-state index < -0.39 is 0 Å². The molecular formula is C9H14N2. The van der Waals surface area contributed by atoms with Crippen molar-refractivity contribution >= 4 is 0 Å². The zero-order chi connectivity index (χ0) is 8.91. The minimum atomic E-state index is -0.112. The molecule has 0 spiro atoms. The van der Waals surface area contributed by atoms with Crippen molar-refractivity contribution in [1.29, 1.82) is 5.26 Å². The topological polar surface area (TPSA) is 49.8 Å². The van der Waals surface area contributed by atoms with Crippen LogP contribution in [0.15, 0.2) is 24.3 Å². The van der Waals surface area contributed by atoms with Gasteiger partial charge in [-0.05, 0) is 5.41 Å². The summed E-state index contributed by atoms with van der Waals surface area (Å²) < 4.78 is 0. The molecular weight excluding hydrogens is 136 g/mol. The van der Waals surface area contributed by atoms with E-state index in [4.69, 9.17) is 11.0 Å². The summed E-state index contributed by atoms with van der Waals surface area (Å²) in [7, 11) is 0. The summed E-state index contributed by atoms with van der Waals surface area (Å²) >= 11 is 0. The van der Waals surface area contributed by atoms with E-state index in [2.05, 4.69) is 6.58 Å². The molecule has 2 heteroatoms. The Hall–Kier alpha value is -1.07. The largest absolute Gasteiger partial charge is 0.330 e. The average Bonchev–Trinajstić information content (AvgIpc) is 2.00. The first kappa shape index (κ1) is 9.93. The molecule has 0 radical (unpaired) electrons. The lowest BCUT2D eigenvalue weighted by Gasteiger charge is -2.16. The summed E-state index contributed by atoms with van der Waals surface area (Å²) in [5, 5.41) is 8.55. The molecule has 0 aromatic rings. The maximum atomic E-state index is 8.55. The zero-order valence-electron chi connectivity index (χ0n) is 7.09. The molecule has 2 N–H and O–H groups in total. The molecule has 0 unspecified atom stereocenters. The van der Waals surface area contributed by atoms with Crippen molar-refractivity contribution in [3.05, 3.63) is 24.3 Å². The smallest absolute Gasteiger partial charge is 0.0988 e. The van der Waals surface area contributed by atoms with E-state index in [9.17, 15) is 0 Å². The van der Waals surface area contributed by atoms with Gasteiger partial charge >= 0.3 is 0 Å². The van der Waals surface area contributed by atoms with Gasteiger partial charge in [0.1, 0.15) is 0 Å². The quantitative estimate of drug-likeness (QED) is 0.490. The zero-order valence-corrected chi connectivity index (χ0v) is 7.09. The van der Waals surface area contributed by atoms with Crippen LogP contribution in [0, 0.1) is 16.7 Å². The van der Waals surface area contributed by atoms with Gasteiger partial charge in [-0.1, -0.05) is 32.6 Å². The van der Waals surface area contributed by atoms with Gasteiger partial charge in [0.2, 0.25) is 0 Å². The number of rotatable bonds is 3. The normalized spacial score (nSPS) is 12.4. The van der Waals surface area contributed by atoms with Crippen molar-refractivity contribution in [3.63, 3.8) is 0 Å². The van der Waals surface area contributed by atoms with Gasteiger partial charge in [0.15, 0.2) is 0 Å². The van der Waals surface area contributed by atoms with Crippen LogP contribution >= 0.6 is 0 Å². The lowest BCUT2D eigenvalue weighted by molar-refractivity contribution is 0.494. The third kappa shape index (κ3) is 3.59. The Labute approximate surface area is 68.0 Å². The first-order valence-corrected chi connectivity index (χ1v) is 3.51. The number of nitrogens with zero attached hydrogens (tertiary/aromatic N) is 1. The van der Waals surface area contributed by atoms with Gasteiger partial charge in [0.05, 0.1) is 6.07 Å². The predicted molar refractivity (Wildman–Crippen MR) is 46.7 cm³/mol. The van der Waals surface area contributed by atoms with Crippen molar-refractivity contribution in [2.45, 2.75) is 13.8 Å². The monoisotopic (exact) mass is 150 g/mol. The molecule has 0 aliphatic carbocycles. The second-order valence-electron chi connectivity index (χ2n) is 3.11. The Kier molecular flexibility index (Phi) is 3.56. The Morgan fingerprint density at radius 1 is 1.73 bits per heavy atom. The summed E-state index contributed by atoms with van der Waals surface area (Å²) in [6.45, 7) is 8.01. The van der Waals surface area contributed by atoms with Crippen LogP contribution < -0.4 is 5.73 Å². The van der Waals surface area contributed by atoms with Crippen LogP contribution in [-0.4, -0.2) is 6.54 Å². The van der Waals surface area contributed by atoms with Gasteiger partial charge in [-0.3, -0.25) is 0 Å². The van der Waals surface area contributed by atoms with Crippen LogP contribution in [0.2, 0.25) is 0 Å². The van der Waals surface area contributed by atoms with Crippen molar-refractivity contribution in [1.82, 2.24) is 0 Å². The van der Waals surface area contributed by atoms with Gasteiger partial charge in [-0.25, -0.2) is 0 Å². The van der Waals surface area contributed by atoms with E-state index in [0.717, 1.165) is 0 Å². The number of hydrogen-bond acceptors (Lipinski definition) is 2. The Morgan fingerprint density at radius 2 is 2.27 bits per heavy atom. The molecule has 0 amide bonds. The van der Waals surface area contributed by atoms with Crippen LogP contribution in [0.1, 0.15) is 13.8 Å². The van der Waals surface area contributed by atoms with Gasteiger partial charge in [0, 0.05) is 12.1 Å². The van der Waals surface area contributed by atoms with Crippen LogP contribution in [0.3, 0.4) is 0 Å². The molecule has 0 heterocycles. The Bertz CT molecular complexity index is 206. The maximum absolute atomic E-state index is 8.55. The van der Waals surface area contributed by atoms with E-state index in [0.29, 0.717) is 12.1 Å². The van der Waals surface area contributed by atoms with E-state index >= 15 is 0 Å². The molecule has 2 nitrogen and oxygen atoms in total. The van der Waals surface area contributed by atoms with Crippen molar-refractivity contribution in [3.8, 4) is 6.07 Å². The summed E-state index contributed by atoms with van der Waals surface area (Å²) in [4.78, 5) is 0. The van der Waals surface area contributed by atoms with Gasteiger partial charge in [0.25, 0.3) is 0 Å². The van der Waals surface area contributed by atoms with Gasteiger partial charge < -0.3 is 5.73 Å². The molecule has 11 heavy (non-hydrogen) atoms. The standard InChI is InChI=1S/C9H14N2/c1-4-8(6-10)5-9(2,3)7-11/h4-5H,1,7,11H2,2-3H3/b8-5+. The van der Waals surface area contributed by atoms with Crippen molar-refractivity contribution in [2.75, 3.05) is 6.54 Å². The minimum absolute atomic E-state index is 0.112. The second kappa shape index (κ2) is 3.95. The lowest BCUT2D eigenvalue weighted by atomic mass is 9.91. The van der Waals surface area contributed by atoms with Crippen molar-refractivity contribution < 1.29 is 0 Å². The highest BCUT2D eigenvalue weighted by molar-refractivity contribution is 5.32. The SMILES string of the molecule is C=C/C(C#N)=C\C(C)(C)CN. The van der Waals surface area contributed by atoms with E-state index in [1.165, 1.54) is 6.08 Å². The van der Waals surface area contributed by atoms with Crippen LogP contribution in [0.25, 0.3) is 0 Å². The number of nitriles is 1. The molecule has 0 aromatic heterocycles. The first-order chi connectivity index (χ1) is 5.05. The van der Waals surface area contributed by atoms with Gasteiger partial charge in [-0.2, -0.15) is 5.26 Å². The highest BCUT2D eigenvalue weighted by Crippen LogP contribution is 2.16. The van der Waals surface area contributed by atoms with Crippen LogP contribution in [-0.2, 0) is 0 Å². The predicted octanol–water partition coefficient (Wildman–Crippen LogP) is 1.61. The average molecular weight is 150 g/mol. The van der Waals surface area contributed by atoms with Crippen molar-refractivity contribution in [2.24, 2.45) is 11.1 Å². The first-order valence-electron chi connectivity index (χ1n) is 3.51.